The molecule has 0 unspecified atom stereocenters. The molecule has 0 saturated heterocycles. The van der Waals surface area contributed by atoms with Gasteiger partial charge in [0.15, 0.2) is 0 Å². The third-order valence-electron chi connectivity index (χ3n) is 6.90. The molecule has 39 heavy (non-hydrogen) atoms. The molecule has 0 saturated carbocycles. The Morgan fingerprint density at radius 3 is 1.41 bits per heavy atom. The fourth-order valence-electron chi connectivity index (χ4n) is 4.81. The van der Waals surface area contributed by atoms with Crippen LogP contribution in [0.3, 0.4) is 0 Å². The molecule has 0 aromatic rings. The van der Waals surface area contributed by atoms with Crippen LogP contribution in [0.5, 0.6) is 0 Å². The summed E-state index contributed by atoms with van der Waals surface area (Å²) in [6.07, 6.45) is 27.2. The normalized spacial score (nSPS) is 15.4. The van der Waals surface area contributed by atoms with E-state index >= 15 is 0 Å². The Morgan fingerprint density at radius 2 is 1.03 bits per heavy atom. The minimum atomic E-state index is -10.7. The van der Waals surface area contributed by atoms with E-state index in [1.54, 1.807) is 0 Å². The van der Waals surface area contributed by atoms with Crippen LogP contribution in [-0.4, -0.2) is 41.6 Å². The number of nitrogens with zero attached hydrogens (tertiary/aromatic N) is 5. The number of rotatable bonds is 22. The summed E-state index contributed by atoms with van der Waals surface area (Å²) in [7, 11) is -10.7. The van der Waals surface area contributed by atoms with Gasteiger partial charge in [0.1, 0.15) is 0 Å². The molecular weight excluding hydrogens is 539 g/mol. The molecule has 0 atom stereocenters. The second-order valence-corrected chi connectivity index (χ2v) is 12.7. The average Bonchev–Trinajstić information content (AvgIpc) is 3.21. The van der Waals surface area contributed by atoms with Crippen molar-refractivity contribution in [3.63, 3.8) is 0 Å². The van der Waals surface area contributed by atoms with Gasteiger partial charge in [-0.3, -0.25) is 9.48 Å². The quantitative estimate of drug-likeness (QED) is 0.0234. The molecule has 234 valence electrons. The molecule has 12 heteroatoms. The van der Waals surface area contributed by atoms with Crippen LogP contribution >= 0.6 is 7.81 Å². The zero-order valence-electron chi connectivity index (χ0n) is 24.4. The molecule has 1 aliphatic rings. The van der Waals surface area contributed by atoms with E-state index in [0.29, 0.717) is 0 Å². The first-order chi connectivity index (χ1) is 18.3. The van der Waals surface area contributed by atoms with Gasteiger partial charge in [-0.05, 0) is 18.4 Å². The van der Waals surface area contributed by atoms with Crippen molar-refractivity contribution in [2.24, 2.45) is 5.11 Å². The summed E-state index contributed by atoms with van der Waals surface area (Å²) in [5.41, 5.74) is 9.04. The van der Waals surface area contributed by atoms with Crippen LogP contribution < -0.4 is 0 Å². The van der Waals surface area contributed by atoms with E-state index in [1.807, 2.05) is 0 Å². The average molecular weight is 594 g/mol. The predicted molar refractivity (Wildman–Crippen MR) is 153 cm³/mol. The van der Waals surface area contributed by atoms with Gasteiger partial charge >= 0.3 is 33.0 Å². The van der Waals surface area contributed by atoms with Gasteiger partial charge < -0.3 is 0 Å². The number of hydrogen-bond donors (Lipinski definition) is 0. The summed E-state index contributed by atoms with van der Waals surface area (Å²) < 4.78 is 61.5. The SMILES string of the molecule is CCCCCCCCCCCCN1CC[N+](CCCCCCCCCCCC)=C1N=[N+]=[N-].F[P-](F)(F)(F)(F)F. The Balaban J connectivity index is 0.00000181. The van der Waals surface area contributed by atoms with Crippen LogP contribution in [0.2, 0.25) is 0 Å². The molecule has 0 N–H and O–H groups in total. The molecule has 0 aromatic carbocycles. The first kappa shape index (κ1) is 37.8. The van der Waals surface area contributed by atoms with Crippen LogP contribution in [0.4, 0.5) is 25.2 Å². The van der Waals surface area contributed by atoms with Crippen LogP contribution in [0.1, 0.15) is 142 Å². The van der Waals surface area contributed by atoms with Gasteiger partial charge in [-0.15, -0.1) is 0 Å². The van der Waals surface area contributed by atoms with Crippen molar-refractivity contribution in [3.8, 4) is 0 Å². The summed E-state index contributed by atoms with van der Waals surface area (Å²) >= 11 is 0. The van der Waals surface area contributed by atoms with Crippen molar-refractivity contribution in [1.29, 1.82) is 0 Å². The van der Waals surface area contributed by atoms with Gasteiger partial charge in [0, 0.05) is 10.0 Å². The van der Waals surface area contributed by atoms with E-state index < -0.39 is 7.81 Å². The van der Waals surface area contributed by atoms with Crippen molar-refractivity contribution in [2.45, 2.75) is 142 Å². The topological polar surface area (TPSA) is 55.0 Å². The summed E-state index contributed by atoms with van der Waals surface area (Å²) in [6.45, 7) is 8.68. The van der Waals surface area contributed by atoms with Gasteiger partial charge in [0.25, 0.3) is 5.96 Å². The minimum absolute atomic E-state index is 0.888. The van der Waals surface area contributed by atoms with E-state index in [9.17, 15) is 25.2 Å². The van der Waals surface area contributed by atoms with Crippen LogP contribution in [-0.2, 0) is 0 Å². The van der Waals surface area contributed by atoms with Crippen molar-refractivity contribution < 1.29 is 29.8 Å². The van der Waals surface area contributed by atoms with E-state index in [0.717, 1.165) is 32.1 Å². The second kappa shape index (κ2) is 19.8. The number of halogens is 6. The van der Waals surface area contributed by atoms with Crippen LogP contribution in [0.25, 0.3) is 10.4 Å². The van der Waals surface area contributed by atoms with Gasteiger partial charge in [-0.2, -0.15) is 0 Å². The maximum atomic E-state index is 9.87. The summed E-state index contributed by atoms with van der Waals surface area (Å²) in [5, 5.41) is 4.06. The maximum absolute atomic E-state index is 10.7. The predicted octanol–water partition coefficient (Wildman–Crippen LogP) is 12.2. The number of guanidine groups is 1. The Kier molecular flexibility index (Phi) is 19.2. The molecule has 0 amide bonds. The summed E-state index contributed by atoms with van der Waals surface area (Å²) in [5.74, 6) is 0.888. The summed E-state index contributed by atoms with van der Waals surface area (Å²) in [6, 6.07) is 0. The number of azide groups is 1. The Bertz CT molecular complexity index is 698. The Hall–Kier alpha value is -1.21. The first-order valence-electron chi connectivity index (χ1n) is 15.3. The third-order valence-corrected chi connectivity index (χ3v) is 6.90. The Morgan fingerprint density at radius 1 is 0.667 bits per heavy atom. The van der Waals surface area contributed by atoms with E-state index in [4.69, 9.17) is 5.53 Å². The fourth-order valence-corrected chi connectivity index (χ4v) is 4.81. The molecule has 0 radical (unpaired) electrons. The van der Waals surface area contributed by atoms with Gasteiger partial charge in [0.2, 0.25) is 0 Å². The molecule has 1 heterocycles. The van der Waals surface area contributed by atoms with Crippen LogP contribution in [0.15, 0.2) is 5.11 Å². The first-order valence-corrected chi connectivity index (χ1v) is 17.3. The molecule has 0 bridgehead atoms. The Labute approximate surface area is 232 Å². The van der Waals surface area contributed by atoms with Crippen molar-refractivity contribution in [2.75, 3.05) is 26.2 Å². The molecule has 0 aliphatic carbocycles. The standard InChI is InChI=1S/C27H54N5.F6P/c1-3-5-7-9-11-13-15-17-19-21-23-31-25-26-32(27(31)29-30-28)24-22-20-18-16-14-12-10-8-6-4-2;1-7(2,3,4,5)6/h3-26H2,1-2H3;/q+1;-1. The molecule has 0 spiro atoms. The molecule has 0 fully saturated rings. The zero-order chi connectivity index (χ0) is 29.5. The van der Waals surface area contributed by atoms with Gasteiger partial charge in [-0.25, -0.2) is 0 Å². The molecule has 1 rings (SSSR count). The molecule has 1 aliphatic heterocycles. The van der Waals surface area contributed by atoms with Gasteiger partial charge in [0.05, 0.1) is 26.2 Å². The summed E-state index contributed by atoms with van der Waals surface area (Å²) in [4.78, 5) is 5.44. The third kappa shape index (κ3) is 29.6. The number of unbranched alkanes of at least 4 members (excludes halogenated alkanes) is 18. The van der Waals surface area contributed by atoms with Crippen LogP contribution in [0, 0.1) is 0 Å². The van der Waals surface area contributed by atoms with Crippen molar-refractivity contribution in [3.05, 3.63) is 10.4 Å². The molecule has 0 aromatic heterocycles. The monoisotopic (exact) mass is 593 g/mol. The van der Waals surface area contributed by atoms with Gasteiger partial charge in [-0.1, -0.05) is 129 Å². The van der Waals surface area contributed by atoms with Crippen molar-refractivity contribution >= 4 is 13.8 Å². The van der Waals surface area contributed by atoms with Crippen molar-refractivity contribution in [1.82, 2.24) is 4.90 Å². The van der Waals surface area contributed by atoms with E-state index in [1.165, 1.54) is 128 Å². The fraction of sp³-hybridized carbons (Fsp3) is 0.963. The van der Waals surface area contributed by atoms with E-state index in [-0.39, 0.29) is 0 Å². The second-order valence-electron chi connectivity index (χ2n) is 10.8. The molecular formula is C27H54F6N5P. The molecule has 5 nitrogen and oxygen atoms in total. The zero-order valence-corrected chi connectivity index (χ0v) is 25.3. The number of hydrogen-bond acceptors (Lipinski definition) is 2. The van der Waals surface area contributed by atoms with E-state index in [2.05, 4.69) is 33.3 Å².